The average Bonchev–Trinajstić information content (AvgIpc) is 2.41. The van der Waals surface area contributed by atoms with Crippen molar-refractivity contribution in [2.45, 2.75) is 26.3 Å². The number of rotatable bonds is 3. The molecule has 22 heavy (non-hydrogen) atoms. The second-order valence-electron chi connectivity index (χ2n) is 5.75. The number of hydrogen-bond acceptors (Lipinski definition) is 4. The van der Waals surface area contributed by atoms with Crippen molar-refractivity contribution in [2.75, 3.05) is 5.32 Å². The third kappa shape index (κ3) is 4.21. The van der Waals surface area contributed by atoms with Gasteiger partial charge in [0.2, 0.25) is 5.95 Å². The highest BCUT2D eigenvalue weighted by molar-refractivity contribution is 5.94. The number of benzene rings is 1. The molecule has 1 aromatic heterocycles. The van der Waals surface area contributed by atoms with Crippen LogP contribution in [0.5, 0.6) is 0 Å². The number of carbonyl (C=O) groups excluding carboxylic acids is 1. The maximum atomic E-state index is 13.5. The molecule has 0 bridgehead atoms. The summed E-state index contributed by atoms with van der Waals surface area (Å²) in [5, 5.41) is 5.40. The first-order valence-corrected chi connectivity index (χ1v) is 6.61. The van der Waals surface area contributed by atoms with E-state index in [0.717, 1.165) is 12.1 Å². The molecule has 0 aliphatic carbocycles. The number of aromatic nitrogens is 2. The number of halogens is 2. The quantitative estimate of drug-likeness (QED) is 0.914. The third-order valence-corrected chi connectivity index (χ3v) is 2.58. The van der Waals surface area contributed by atoms with E-state index in [1.165, 1.54) is 18.5 Å². The third-order valence-electron chi connectivity index (χ3n) is 2.58. The Bertz CT molecular complexity index is 681. The van der Waals surface area contributed by atoms with Gasteiger partial charge in [0, 0.05) is 24.0 Å². The molecule has 0 saturated carbocycles. The first-order valence-electron chi connectivity index (χ1n) is 6.61. The molecule has 0 radical (unpaired) electrons. The van der Waals surface area contributed by atoms with Crippen LogP contribution in [0.25, 0.3) is 0 Å². The van der Waals surface area contributed by atoms with Crippen LogP contribution in [0.15, 0.2) is 30.6 Å². The number of nitrogens with one attached hydrogen (secondary N) is 2. The van der Waals surface area contributed by atoms with Crippen LogP contribution in [0.4, 0.5) is 20.4 Å². The number of anilines is 2. The van der Waals surface area contributed by atoms with Gasteiger partial charge in [0.1, 0.15) is 11.6 Å². The van der Waals surface area contributed by atoms with Gasteiger partial charge in [0.05, 0.1) is 11.3 Å². The normalized spacial score (nSPS) is 11.1. The molecule has 0 aliphatic heterocycles. The Kier molecular flexibility index (Phi) is 4.35. The lowest BCUT2D eigenvalue weighted by Crippen LogP contribution is -2.40. The summed E-state index contributed by atoms with van der Waals surface area (Å²) in [5.74, 6) is -1.61. The summed E-state index contributed by atoms with van der Waals surface area (Å²) in [6.45, 7) is 5.58. The van der Waals surface area contributed by atoms with Crippen LogP contribution >= 0.6 is 0 Å². The Morgan fingerprint density at radius 1 is 1.14 bits per heavy atom. The molecule has 2 aromatic rings. The zero-order valence-corrected chi connectivity index (χ0v) is 12.4. The summed E-state index contributed by atoms with van der Waals surface area (Å²) in [4.78, 5) is 19.8. The Labute approximate surface area is 126 Å². The number of amides is 1. The largest absolute Gasteiger partial charge is 0.347 e. The molecular formula is C15H16F2N4O. The maximum Gasteiger partial charge on any atom is 0.254 e. The van der Waals surface area contributed by atoms with Gasteiger partial charge < -0.3 is 10.6 Å². The average molecular weight is 306 g/mol. The Morgan fingerprint density at radius 2 is 1.77 bits per heavy atom. The standard InChI is InChI=1S/C15H16F2N4O/c1-15(2,3)21-13(22)9-7-18-14(19-8-9)20-12-5-4-10(16)6-11(12)17/h4-8H,1-3H3,(H,21,22)(H,18,19,20). The van der Waals surface area contributed by atoms with E-state index in [4.69, 9.17) is 0 Å². The van der Waals surface area contributed by atoms with Crippen LogP contribution < -0.4 is 10.6 Å². The van der Waals surface area contributed by atoms with Gasteiger partial charge >= 0.3 is 0 Å². The fourth-order valence-corrected chi connectivity index (χ4v) is 1.63. The molecule has 0 spiro atoms. The summed E-state index contributed by atoms with van der Waals surface area (Å²) in [5.41, 5.74) is -0.0287. The van der Waals surface area contributed by atoms with Crippen molar-refractivity contribution in [3.8, 4) is 0 Å². The highest BCUT2D eigenvalue weighted by Crippen LogP contribution is 2.18. The van der Waals surface area contributed by atoms with Crippen LogP contribution in [-0.4, -0.2) is 21.4 Å². The molecule has 1 heterocycles. The minimum atomic E-state index is -0.752. The van der Waals surface area contributed by atoms with Crippen LogP contribution in [0.2, 0.25) is 0 Å². The predicted molar refractivity (Wildman–Crippen MR) is 78.9 cm³/mol. The van der Waals surface area contributed by atoms with Gasteiger partial charge in [0.15, 0.2) is 0 Å². The lowest BCUT2D eigenvalue weighted by Gasteiger charge is -2.20. The van der Waals surface area contributed by atoms with Gasteiger partial charge in [-0.05, 0) is 32.9 Å². The van der Waals surface area contributed by atoms with E-state index in [1.807, 2.05) is 20.8 Å². The van der Waals surface area contributed by atoms with E-state index in [1.54, 1.807) is 0 Å². The lowest BCUT2D eigenvalue weighted by molar-refractivity contribution is 0.0919. The molecule has 1 aromatic carbocycles. The fourth-order valence-electron chi connectivity index (χ4n) is 1.63. The number of nitrogens with zero attached hydrogens (tertiary/aromatic N) is 2. The van der Waals surface area contributed by atoms with Gasteiger partial charge in [-0.15, -0.1) is 0 Å². The highest BCUT2D eigenvalue weighted by Gasteiger charge is 2.16. The number of hydrogen-bond donors (Lipinski definition) is 2. The first kappa shape index (κ1) is 15.8. The van der Waals surface area contributed by atoms with Crippen LogP contribution in [0, 0.1) is 11.6 Å². The van der Waals surface area contributed by atoms with Gasteiger partial charge in [-0.2, -0.15) is 0 Å². The Morgan fingerprint density at radius 3 is 2.32 bits per heavy atom. The molecule has 0 atom stereocenters. The first-order chi connectivity index (χ1) is 10.2. The topological polar surface area (TPSA) is 66.9 Å². The second kappa shape index (κ2) is 6.05. The van der Waals surface area contributed by atoms with Crippen molar-refractivity contribution in [3.05, 3.63) is 47.8 Å². The summed E-state index contributed by atoms with van der Waals surface area (Å²) in [7, 11) is 0. The van der Waals surface area contributed by atoms with E-state index < -0.39 is 11.6 Å². The van der Waals surface area contributed by atoms with Crippen molar-refractivity contribution in [3.63, 3.8) is 0 Å². The smallest absolute Gasteiger partial charge is 0.254 e. The van der Waals surface area contributed by atoms with E-state index in [-0.39, 0.29) is 23.1 Å². The van der Waals surface area contributed by atoms with Crippen molar-refractivity contribution < 1.29 is 13.6 Å². The van der Waals surface area contributed by atoms with Crippen LogP contribution in [0.3, 0.4) is 0 Å². The minimum Gasteiger partial charge on any atom is -0.347 e. The molecule has 116 valence electrons. The number of carbonyl (C=O) groups is 1. The second-order valence-corrected chi connectivity index (χ2v) is 5.75. The molecule has 0 aliphatic rings. The highest BCUT2D eigenvalue weighted by atomic mass is 19.1. The molecule has 0 fully saturated rings. The van der Waals surface area contributed by atoms with Crippen LogP contribution in [-0.2, 0) is 0 Å². The summed E-state index contributed by atoms with van der Waals surface area (Å²) in [6, 6.07) is 3.12. The van der Waals surface area contributed by atoms with Gasteiger partial charge in [-0.3, -0.25) is 4.79 Å². The molecule has 2 rings (SSSR count). The molecule has 2 N–H and O–H groups in total. The monoisotopic (exact) mass is 306 g/mol. The van der Waals surface area contributed by atoms with Gasteiger partial charge in [0.25, 0.3) is 5.91 Å². The summed E-state index contributed by atoms with van der Waals surface area (Å²) >= 11 is 0. The molecule has 7 heteroatoms. The molecule has 0 unspecified atom stereocenters. The fraction of sp³-hybridized carbons (Fsp3) is 0.267. The van der Waals surface area contributed by atoms with Gasteiger partial charge in [-0.25, -0.2) is 18.7 Å². The SMILES string of the molecule is CC(C)(C)NC(=O)c1cnc(Nc2ccc(F)cc2F)nc1. The van der Waals surface area contributed by atoms with E-state index in [0.29, 0.717) is 5.56 Å². The summed E-state index contributed by atoms with van der Waals surface area (Å²) in [6.07, 6.45) is 2.66. The molecule has 5 nitrogen and oxygen atoms in total. The van der Waals surface area contributed by atoms with Crippen molar-refractivity contribution in [1.29, 1.82) is 0 Å². The maximum absolute atomic E-state index is 13.5. The Hall–Kier alpha value is -2.57. The molecular weight excluding hydrogens is 290 g/mol. The zero-order chi connectivity index (χ0) is 16.3. The minimum absolute atomic E-state index is 0.0493. The van der Waals surface area contributed by atoms with E-state index >= 15 is 0 Å². The van der Waals surface area contributed by atoms with Crippen LogP contribution in [0.1, 0.15) is 31.1 Å². The predicted octanol–water partition coefficient (Wildman–Crippen LogP) is 3.03. The zero-order valence-electron chi connectivity index (χ0n) is 12.4. The van der Waals surface area contributed by atoms with E-state index in [2.05, 4.69) is 20.6 Å². The lowest BCUT2D eigenvalue weighted by atomic mass is 10.1. The van der Waals surface area contributed by atoms with Crippen molar-refractivity contribution >= 4 is 17.5 Å². The van der Waals surface area contributed by atoms with Crippen molar-refractivity contribution in [1.82, 2.24) is 15.3 Å². The summed E-state index contributed by atoms with van der Waals surface area (Å²) < 4.78 is 26.3. The molecule has 0 saturated heterocycles. The Balaban J connectivity index is 2.10. The van der Waals surface area contributed by atoms with Crippen molar-refractivity contribution in [2.24, 2.45) is 0 Å². The molecule has 1 amide bonds. The van der Waals surface area contributed by atoms with Gasteiger partial charge in [-0.1, -0.05) is 0 Å². The van der Waals surface area contributed by atoms with E-state index in [9.17, 15) is 13.6 Å².